The molecule has 1 aromatic carbocycles. The predicted octanol–water partition coefficient (Wildman–Crippen LogP) is 3.31. The lowest BCUT2D eigenvalue weighted by molar-refractivity contribution is -0.126. The molecule has 1 amide bonds. The average molecular weight is 412 g/mol. The van der Waals surface area contributed by atoms with Crippen LogP contribution in [0, 0.1) is 5.92 Å². The Morgan fingerprint density at radius 1 is 1.17 bits per heavy atom. The average Bonchev–Trinajstić information content (AvgIpc) is 3.22. The molecule has 4 rings (SSSR count). The first-order chi connectivity index (χ1) is 14.2. The van der Waals surface area contributed by atoms with Crippen molar-refractivity contribution in [3.8, 4) is 11.4 Å². The van der Waals surface area contributed by atoms with Crippen LogP contribution in [0.15, 0.2) is 53.2 Å². The van der Waals surface area contributed by atoms with Crippen LogP contribution in [0.3, 0.4) is 0 Å². The third kappa shape index (κ3) is 5.19. The van der Waals surface area contributed by atoms with Crippen molar-refractivity contribution in [1.29, 1.82) is 0 Å². The van der Waals surface area contributed by atoms with Gasteiger partial charge in [-0.1, -0.05) is 22.8 Å². The van der Waals surface area contributed by atoms with Gasteiger partial charge in [0.25, 0.3) is 0 Å². The molecule has 1 N–H and O–H groups in total. The monoisotopic (exact) mass is 411 g/mol. The van der Waals surface area contributed by atoms with E-state index >= 15 is 0 Å². The molecule has 0 aliphatic carbocycles. The number of carbonyl (C=O) groups excluding carboxylic acids is 1. The normalized spacial score (nSPS) is 15.3. The first kappa shape index (κ1) is 19.5. The van der Waals surface area contributed by atoms with Crippen molar-refractivity contribution in [3.05, 3.63) is 65.3 Å². The fourth-order valence-electron chi connectivity index (χ4n) is 3.40. The molecule has 0 radical (unpaired) electrons. The van der Waals surface area contributed by atoms with Crippen molar-refractivity contribution in [2.75, 3.05) is 13.1 Å². The molecule has 1 aliphatic heterocycles. The zero-order valence-electron chi connectivity index (χ0n) is 15.9. The molecule has 8 heteroatoms. The molecule has 1 aliphatic rings. The molecule has 3 heterocycles. The van der Waals surface area contributed by atoms with Gasteiger partial charge in [0.15, 0.2) is 0 Å². The Morgan fingerprint density at radius 3 is 2.69 bits per heavy atom. The lowest BCUT2D eigenvalue weighted by atomic mass is 9.96. The molecule has 0 saturated carbocycles. The number of nitrogens with zero attached hydrogens (tertiary/aromatic N) is 4. The Hall–Kier alpha value is -2.77. The zero-order chi connectivity index (χ0) is 20.1. The van der Waals surface area contributed by atoms with Gasteiger partial charge in [-0.15, -0.1) is 0 Å². The van der Waals surface area contributed by atoms with Gasteiger partial charge in [-0.3, -0.25) is 14.7 Å². The Labute approximate surface area is 174 Å². The summed E-state index contributed by atoms with van der Waals surface area (Å²) < 4.78 is 5.39. The number of hydrogen-bond donors (Lipinski definition) is 1. The summed E-state index contributed by atoms with van der Waals surface area (Å²) in [5.74, 6) is 1.26. The highest BCUT2D eigenvalue weighted by Gasteiger charge is 2.26. The van der Waals surface area contributed by atoms with E-state index in [0.717, 1.165) is 37.2 Å². The van der Waals surface area contributed by atoms with Gasteiger partial charge >= 0.3 is 0 Å². The van der Waals surface area contributed by atoms with E-state index in [1.807, 2.05) is 30.3 Å². The molecule has 0 unspecified atom stereocenters. The van der Waals surface area contributed by atoms with Crippen molar-refractivity contribution >= 4 is 17.5 Å². The number of halogens is 1. The Kier molecular flexibility index (Phi) is 6.17. The summed E-state index contributed by atoms with van der Waals surface area (Å²) in [6, 6.07) is 13.0. The molecule has 3 aromatic rings. The van der Waals surface area contributed by atoms with Gasteiger partial charge < -0.3 is 9.84 Å². The van der Waals surface area contributed by atoms with Crippen molar-refractivity contribution in [1.82, 2.24) is 25.3 Å². The Morgan fingerprint density at radius 2 is 1.97 bits per heavy atom. The minimum absolute atomic E-state index is 0.0299. The minimum atomic E-state index is 0.0299. The summed E-state index contributed by atoms with van der Waals surface area (Å²) in [5, 5.41) is 7.71. The minimum Gasteiger partial charge on any atom is -0.350 e. The quantitative estimate of drug-likeness (QED) is 0.669. The molecule has 1 saturated heterocycles. The molecule has 0 spiro atoms. The Balaban J connectivity index is 1.25. The second-order valence-electron chi connectivity index (χ2n) is 7.11. The van der Waals surface area contributed by atoms with E-state index in [9.17, 15) is 4.79 Å². The molecule has 0 bridgehead atoms. The van der Waals surface area contributed by atoms with Crippen LogP contribution in [-0.2, 0) is 17.9 Å². The number of nitrogens with one attached hydrogen (secondary N) is 1. The third-order valence-corrected chi connectivity index (χ3v) is 5.31. The second kappa shape index (κ2) is 9.15. The summed E-state index contributed by atoms with van der Waals surface area (Å²) in [6.45, 7) is 2.69. The SMILES string of the molecule is O=C(NCc1ccccn1)C1CCN(Cc2nc(-c3ccc(Cl)cc3)no2)CC1. The number of pyridine rings is 1. The van der Waals surface area contributed by atoms with Crippen LogP contribution in [-0.4, -0.2) is 39.0 Å². The number of aromatic nitrogens is 3. The van der Waals surface area contributed by atoms with Gasteiger partial charge in [0.2, 0.25) is 17.6 Å². The van der Waals surface area contributed by atoms with Crippen molar-refractivity contribution < 1.29 is 9.32 Å². The Bertz CT molecular complexity index is 937. The van der Waals surface area contributed by atoms with Crippen LogP contribution in [0.1, 0.15) is 24.4 Å². The van der Waals surface area contributed by atoms with E-state index in [1.54, 1.807) is 18.3 Å². The fourth-order valence-corrected chi connectivity index (χ4v) is 3.53. The fraction of sp³-hybridized carbons (Fsp3) is 0.333. The van der Waals surface area contributed by atoms with E-state index in [-0.39, 0.29) is 11.8 Å². The molecule has 150 valence electrons. The third-order valence-electron chi connectivity index (χ3n) is 5.06. The van der Waals surface area contributed by atoms with Crippen LogP contribution < -0.4 is 5.32 Å². The number of amides is 1. The van der Waals surface area contributed by atoms with Crippen molar-refractivity contribution in [2.45, 2.75) is 25.9 Å². The first-order valence-corrected chi connectivity index (χ1v) is 10.0. The number of likely N-dealkylation sites (tertiary alicyclic amines) is 1. The molecular formula is C21H22ClN5O2. The van der Waals surface area contributed by atoms with E-state index in [2.05, 4.69) is 25.3 Å². The van der Waals surface area contributed by atoms with Crippen LogP contribution >= 0.6 is 11.6 Å². The molecule has 29 heavy (non-hydrogen) atoms. The number of piperidine rings is 1. The predicted molar refractivity (Wildman–Crippen MR) is 109 cm³/mol. The summed E-state index contributed by atoms with van der Waals surface area (Å²) in [4.78, 5) is 23.4. The second-order valence-corrected chi connectivity index (χ2v) is 7.54. The van der Waals surface area contributed by atoms with Crippen LogP contribution in [0.5, 0.6) is 0 Å². The van der Waals surface area contributed by atoms with Crippen LogP contribution in [0.4, 0.5) is 0 Å². The highest BCUT2D eigenvalue weighted by atomic mass is 35.5. The van der Waals surface area contributed by atoms with Gasteiger partial charge in [-0.25, -0.2) is 0 Å². The molecule has 7 nitrogen and oxygen atoms in total. The van der Waals surface area contributed by atoms with Gasteiger partial charge in [-0.05, 0) is 62.3 Å². The van der Waals surface area contributed by atoms with E-state index in [4.69, 9.17) is 16.1 Å². The largest absolute Gasteiger partial charge is 0.350 e. The lowest BCUT2D eigenvalue weighted by Gasteiger charge is -2.30. The van der Waals surface area contributed by atoms with Gasteiger partial charge in [0.1, 0.15) is 0 Å². The maximum atomic E-state index is 12.4. The number of carbonyl (C=O) groups is 1. The highest BCUT2D eigenvalue weighted by molar-refractivity contribution is 6.30. The number of hydrogen-bond acceptors (Lipinski definition) is 6. The molecule has 2 aromatic heterocycles. The number of benzene rings is 1. The summed E-state index contributed by atoms with van der Waals surface area (Å²) >= 11 is 5.92. The van der Waals surface area contributed by atoms with E-state index < -0.39 is 0 Å². The van der Waals surface area contributed by atoms with Crippen molar-refractivity contribution in [3.63, 3.8) is 0 Å². The number of rotatable bonds is 6. The molecular weight excluding hydrogens is 390 g/mol. The van der Waals surface area contributed by atoms with Gasteiger partial charge in [0, 0.05) is 22.7 Å². The summed E-state index contributed by atoms with van der Waals surface area (Å²) in [5.41, 5.74) is 1.74. The van der Waals surface area contributed by atoms with E-state index in [1.165, 1.54) is 0 Å². The van der Waals surface area contributed by atoms with Crippen LogP contribution in [0.2, 0.25) is 5.02 Å². The maximum Gasteiger partial charge on any atom is 0.241 e. The highest BCUT2D eigenvalue weighted by Crippen LogP contribution is 2.21. The van der Waals surface area contributed by atoms with Crippen molar-refractivity contribution in [2.24, 2.45) is 5.92 Å². The van der Waals surface area contributed by atoms with Gasteiger partial charge in [-0.2, -0.15) is 4.98 Å². The van der Waals surface area contributed by atoms with Gasteiger partial charge in [0.05, 0.1) is 18.8 Å². The standard InChI is InChI=1S/C21H22ClN5O2/c22-17-6-4-15(5-7-17)20-25-19(29-26-20)14-27-11-8-16(9-12-27)21(28)24-13-18-3-1-2-10-23-18/h1-7,10,16H,8-9,11-14H2,(H,24,28). The maximum absolute atomic E-state index is 12.4. The van der Waals surface area contributed by atoms with Crippen LogP contribution in [0.25, 0.3) is 11.4 Å². The summed E-state index contributed by atoms with van der Waals surface area (Å²) in [7, 11) is 0. The lowest BCUT2D eigenvalue weighted by Crippen LogP contribution is -2.40. The smallest absolute Gasteiger partial charge is 0.241 e. The first-order valence-electron chi connectivity index (χ1n) is 9.66. The topological polar surface area (TPSA) is 84.2 Å². The van der Waals surface area contributed by atoms with E-state index in [0.29, 0.717) is 29.8 Å². The zero-order valence-corrected chi connectivity index (χ0v) is 16.7. The summed E-state index contributed by atoms with van der Waals surface area (Å²) in [6.07, 6.45) is 3.36. The molecule has 1 fully saturated rings. The molecule has 0 atom stereocenters.